The number of anilines is 1. The van der Waals surface area contributed by atoms with Crippen LogP contribution in [0.5, 0.6) is 5.75 Å². The van der Waals surface area contributed by atoms with E-state index in [0.29, 0.717) is 21.9 Å². The second-order valence-electron chi connectivity index (χ2n) is 9.20. The topological polar surface area (TPSA) is 131 Å². The van der Waals surface area contributed by atoms with Gasteiger partial charge in [0.05, 0.1) is 18.4 Å². The molecule has 0 atom stereocenters. The quantitative estimate of drug-likeness (QED) is 0.448. The second-order valence-corrected chi connectivity index (χ2v) is 11.7. The first-order chi connectivity index (χ1) is 16.5. The van der Waals surface area contributed by atoms with Crippen molar-refractivity contribution in [2.45, 2.75) is 50.5 Å². The number of halogens is 1. The summed E-state index contributed by atoms with van der Waals surface area (Å²) in [6.45, 7) is 4.54. The number of thiazole rings is 1. The van der Waals surface area contributed by atoms with Gasteiger partial charge in [0.2, 0.25) is 0 Å². The molecule has 186 valence electrons. The SMILES string of the molecule is COc1cc(C(=O)O)c(F)cc1NS(=O)(=O)c1csc(-c2cnc(C3CCC(C)(C)CC3)nc2)n1. The lowest BCUT2D eigenvalue weighted by atomic mass is 9.73. The molecule has 35 heavy (non-hydrogen) atoms. The van der Waals surface area contributed by atoms with Crippen molar-refractivity contribution in [1.29, 1.82) is 0 Å². The number of rotatable bonds is 7. The molecule has 0 unspecified atom stereocenters. The molecule has 2 heterocycles. The summed E-state index contributed by atoms with van der Waals surface area (Å²) < 4.78 is 47.1. The summed E-state index contributed by atoms with van der Waals surface area (Å²) in [6.07, 6.45) is 7.61. The van der Waals surface area contributed by atoms with Gasteiger partial charge in [-0.15, -0.1) is 11.3 Å². The van der Waals surface area contributed by atoms with Gasteiger partial charge < -0.3 is 9.84 Å². The van der Waals surface area contributed by atoms with Gasteiger partial charge in [0.15, 0.2) is 5.03 Å². The fraction of sp³-hybridized carbons (Fsp3) is 0.391. The number of aromatic carboxylic acids is 1. The fourth-order valence-corrected chi connectivity index (χ4v) is 6.13. The Morgan fingerprint density at radius 3 is 2.49 bits per heavy atom. The zero-order valence-electron chi connectivity index (χ0n) is 19.4. The van der Waals surface area contributed by atoms with E-state index >= 15 is 0 Å². The highest BCUT2D eigenvalue weighted by molar-refractivity contribution is 7.92. The van der Waals surface area contributed by atoms with Gasteiger partial charge in [0.1, 0.15) is 22.4 Å². The van der Waals surface area contributed by atoms with Crippen molar-refractivity contribution in [3.8, 4) is 16.3 Å². The number of carboxylic acids is 1. The third-order valence-electron chi connectivity index (χ3n) is 6.15. The number of carbonyl (C=O) groups is 1. The van der Waals surface area contributed by atoms with Crippen molar-refractivity contribution in [3.63, 3.8) is 0 Å². The maximum absolute atomic E-state index is 14.1. The van der Waals surface area contributed by atoms with Crippen LogP contribution in [0.25, 0.3) is 10.6 Å². The Bertz CT molecular complexity index is 1350. The largest absolute Gasteiger partial charge is 0.495 e. The lowest BCUT2D eigenvalue weighted by Gasteiger charge is -2.33. The molecule has 9 nitrogen and oxygen atoms in total. The van der Waals surface area contributed by atoms with E-state index in [1.54, 1.807) is 12.4 Å². The first-order valence-electron chi connectivity index (χ1n) is 10.9. The summed E-state index contributed by atoms with van der Waals surface area (Å²) in [5, 5.41) is 10.5. The normalized spacial score (nSPS) is 16.1. The predicted octanol–water partition coefficient (Wildman–Crippen LogP) is 4.93. The van der Waals surface area contributed by atoms with E-state index in [0.717, 1.165) is 55.0 Å². The minimum absolute atomic E-state index is 0.141. The van der Waals surface area contributed by atoms with Gasteiger partial charge in [-0.3, -0.25) is 4.72 Å². The Morgan fingerprint density at radius 1 is 1.23 bits per heavy atom. The van der Waals surface area contributed by atoms with Crippen molar-refractivity contribution in [2.75, 3.05) is 11.8 Å². The first kappa shape index (κ1) is 25.0. The number of sulfonamides is 1. The van der Waals surface area contributed by atoms with Gasteiger partial charge in [-0.25, -0.2) is 24.1 Å². The van der Waals surface area contributed by atoms with Gasteiger partial charge in [-0.2, -0.15) is 8.42 Å². The van der Waals surface area contributed by atoms with E-state index in [1.165, 1.54) is 12.5 Å². The highest BCUT2D eigenvalue weighted by Crippen LogP contribution is 2.41. The summed E-state index contributed by atoms with van der Waals surface area (Å²) in [6, 6.07) is 1.67. The van der Waals surface area contributed by atoms with E-state index in [9.17, 15) is 17.6 Å². The average Bonchev–Trinajstić information content (AvgIpc) is 3.30. The van der Waals surface area contributed by atoms with Gasteiger partial charge in [0, 0.05) is 35.3 Å². The second kappa shape index (κ2) is 9.50. The Balaban J connectivity index is 1.52. The summed E-state index contributed by atoms with van der Waals surface area (Å²) in [7, 11) is -2.99. The number of benzene rings is 1. The molecule has 1 aromatic carbocycles. The Hall–Kier alpha value is -3.12. The first-order valence-corrected chi connectivity index (χ1v) is 13.3. The molecule has 1 aliphatic rings. The van der Waals surface area contributed by atoms with Gasteiger partial charge in [0.25, 0.3) is 10.0 Å². The van der Waals surface area contributed by atoms with Crippen molar-refractivity contribution in [3.05, 3.63) is 47.1 Å². The van der Waals surface area contributed by atoms with E-state index < -0.39 is 27.4 Å². The number of hydrogen-bond donors (Lipinski definition) is 2. The van der Waals surface area contributed by atoms with Crippen LogP contribution in [0.4, 0.5) is 10.1 Å². The highest BCUT2D eigenvalue weighted by Gasteiger charge is 2.29. The number of hydrogen-bond acceptors (Lipinski definition) is 8. The Morgan fingerprint density at radius 2 is 1.89 bits per heavy atom. The summed E-state index contributed by atoms with van der Waals surface area (Å²) >= 11 is 1.11. The molecule has 12 heteroatoms. The number of carboxylic acid groups (broad SMARTS) is 1. The van der Waals surface area contributed by atoms with Gasteiger partial charge in [-0.1, -0.05) is 13.8 Å². The molecular formula is C23H25FN4O5S2. The molecule has 4 rings (SSSR count). The van der Waals surface area contributed by atoms with Crippen LogP contribution in [0.2, 0.25) is 0 Å². The van der Waals surface area contributed by atoms with E-state index in [4.69, 9.17) is 9.84 Å². The zero-order chi connectivity index (χ0) is 25.4. The van der Waals surface area contributed by atoms with Crippen LogP contribution in [0.15, 0.2) is 34.9 Å². The number of nitrogens with one attached hydrogen (secondary N) is 1. The molecule has 1 aliphatic carbocycles. The van der Waals surface area contributed by atoms with Crippen LogP contribution in [0, 0.1) is 11.2 Å². The minimum atomic E-state index is -4.20. The smallest absolute Gasteiger partial charge is 0.338 e. The van der Waals surface area contributed by atoms with Gasteiger partial charge >= 0.3 is 5.97 Å². The van der Waals surface area contributed by atoms with E-state index in [-0.39, 0.29) is 16.5 Å². The van der Waals surface area contributed by atoms with Crippen LogP contribution < -0.4 is 9.46 Å². The van der Waals surface area contributed by atoms with Crippen molar-refractivity contribution in [2.24, 2.45) is 5.41 Å². The third-order valence-corrected chi connectivity index (χ3v) is 8.43. The fourth-order valence-electron chi connectivity index (χ4n) is 3.99. The molecule has 3 aromatic rings. The molecule has 0 amide bonds. The summed E-state index contributed by atoms with van der Waals surface area (Å²) in [5.74, 6) is -1.64. The molecule has 2 N–H and O–H groups in total. The molecule has 0 bridgehead atoms. The maximum Gasteiger partial charge on any atom is 0.338 e. The van der Waals surface area contributed by atoms with Crippen LogP contribution >= 0.6 is 11.3 Å². The van der Waals surface area contributed by atoms with Crippen molar-refractivity contribution in [1.82, 2.24) is 15.0 Å². The van der Waals surface area contributed by atoms with Crippen LogP contribution in [0.1, 0.15) is 61.6 Å². The number of ether oxygens (including phenoxy) is 1. The summed E-state index contributed by atoms with van der Waals surface area (Å²) in [4.78, 5) is 24.3. The monoisotopic (exact) mass is 520 g/mol. The number of methoxy groups -OCH3 is 1. The van der Waals surface area contributed by atoms with E-state index in [2.05, 4.69) is 33.5 Å². The number of aromatic nitrogens is 3. The molecule has 0 saturated heterocycles. The molecule has 0 radical (unpaired) electrons. The molecule has 0 spiro atoms. The molecule has 0 aliphatic heterocycles. The Kier molecular flexibility index (Phi) is 6.78. The molecular weight excluding hydrogens is 495 g/mol. The van der Waals surface area contributed by atoms with Crippen molar-refractivity contribution < 1.29 is 27.4 Å². The highest BCUT2D eigenvalue weighted by atomic mass is 32.2. The minimum Gasteiger partial charge on any atom is -0.495 e. The van der Waals surface area contributed by atoms with Crippen molar-refractivity contribution >= 4 is 33.0 Å². The molecule has 1 fully saturated rings. The van der Waals surface area contributed by atoms with Crippen LogP contribution in [-0.4, -0.2) is 41.6 Å². The van der Waals surface area contributed by atoms with Crippen LogP contribution in [-0.2, 0) is 10.0 Å². The average molecular weight is 521 g/mol. The van der Waals surface area contributed by atoms with E-state index in [1.807, 2.05) is 0 Å². The Labute approximate surface area is 206 Å². The zero-order valence-corrected chi connectivity index (χ0v) is 21.0. The molecule has 2 aromatic heterocycles. The van der Waals surface area contributed by atoms with Crippen LogP contribution in [0.3, 0.4) is 0 Å². The lowest BCUT2D eigenvalue weighted by molar-refractivity contribution is 0.0691. The standard InChI is InChI=1S/C23H25FN4O5S2/c1-23(2)6-4-13(5-7-23)20-25-10-14(11-26-20)21-27-19(12-34-21)35(31,32)28-17-9-16(24)15(22(29)30)8-18(17)33-3/h8-13,28H,4-7H2,1-3H3,(H,29,30). The van der Waals surface area contributed by atoms with Gasteiger partial charge in [-0.05, 0) is 37.2 Å². The summed E-state index contributed by atoms with van der Waals surface area (Å²) in [5.41, 5.74) is 0.0567. The predicted molar refractivity (Wildman–Crippen MR) is 129 cm³/mol. The molecule has 1 saturated carbocycles. The third kappa shape index (κ3) is 5.43. The lowest BCUT2D eigenvalue weighted by Crippen LogP contribution is -2.21. The number of nitrogens with zero attached hydrogens (tertiary/aromatic N) is 3. The maximum atomic E-state index is 14.1.